The van der Waals surface area contributed by atoms with Crippen LogP contribution in [0.25, 0.3) is 0 Å². The van der Waals surface area contributed by atoms with E-state index in [2.05, 4.69) is 0 Å². The number of hydrogen-bond donors (Lipinski definition) is 2. The van der Waals surface area contributed by atoms with Gasteiger partial charge in [0.05, 0.1) is 18.6 Å². The minimum Gasteiger partial charge on any atom is -0.497 e. The van der Waals surface area contributed by atoms with Crippen LogP contribution in [0.5, 0.6) is 11.5 Å². The largest absolute Gasteiger partial charge is 0.497 e. The van der Waals surface area contributed by atoms with Gasteiger partial charge in [-0.05, 0) is 6.07 Å². The molecule has 1 fully saturated rings. The number of benzene rings is 1. The quantitative estimate of drug-likeness (QED) is 0.788. The van der Waals surface area contributed by atoms with Gasteiger partial charge in [0, 0.05) is 18.2 Å². The van der Waals surface area contributed by atoms with Crippen molar-refractivity contribution in [3.63, 3.8) is 0 Å². The summed E-state index contributed by atoms with van der Waals surface area (Å²) in [5.74, 6) is 0.583. The molecule has 106 valence electrons. The normalized spacial score (nSPS) is 25.2. The number of hydrogen-bond acceptors (Lipinski definition) is 6. The first-order valence-corrected chi connectivity index (χ1v) is 7.69. The van der Waals surface area contributed by atoms with Gasteiger partial charge in [-0.25, -0.2) is 8.42 Å². The molecule has 1 heterocycles. The molecule has 6 nitrogen and oxygen atoms in total. The fraction of sp³-hybridized carbons (Fsp3) is 0.500. The van der Waals surface area contributed by atoms with E-state index >= 15 is 0 Å². The summed E-state index contributed by atoms with van der Waals surface area (Å²) in [4.78, 5) is 0. The summed E-state index contributed by atoms with van der Waals surface area (Å²) >= 11 is 0. The van der Waals surface area contributed by atoms with Crippen LogP contribution in [0.15, 0.2) is 18.2 Å². The SMILES string of the molecule is COc1ccc(CN)c(OC2CS(=O)(=O)CC2O)c1. The Bertz CT molecular complexity index is 557. The molecule has 0 amide bonds. The maximum Gasteiger partial charge on any atom is 0.156 e. The van der Waals surface area contributed by atoms with Crippen LogP contribution in [-0.2, 0) is 16.4 Å². The van der Waals surface area contributed by atoms with Crippen LogP contribution in [0.2, 0.25) is 0 Å². The summed E-state index contributed by atoms with van der Waals surface area (Å²) in [7, 11) is -1.71. The van der Waals surface area contributed by atoms with E-state index in [0.29, 0.717) is 11.5 Å². The number of ether oxygens (including phenoxy) is 2. The smallest absolute Gasteiger partial charge is 0.156 e. The average Bonchev–Trinajstić information content (AvgIpc) is 2.62. The Labute approximate surface area is 112 Å². The van der Waals surface area contributed by atoms with Crippen LogP contribution >= 0.6 is 0 Å². The van der Waals surface area contributed by atoms with E-state index in [0.717, 1.165) is 5.56 Å². The molecule has 0 saturated carbocycles. The Morgan fingerprint density at radius 1 is 1.42 bits per heavy atom. The molecular weight excluding hydrogens is 270 g/mol. The number of rotatable bonds is 4. The van der Waals surface area contributed by atoms with Gasteiger partial charge in [-0.1, -0.05) is 6.07 Å². The van der Waals surface area contributed by atoms with E-state index in [1.54, 1.807) is 18.2 Å². The molecule has 1 saturated heterocycles. The lowest BCUT2D eigenvalue weighted by Gasteiger charge is -2.18. The molecule has 1 aliphatic rings. The lowest BCUT2D eigenvalue weighted by atomic mass is 10.2. The van der Waals surface area contributed by atoms with Crippen LogP contribution in [0.3, 0.4) is 0 Å². The summed E-state index contributed by atoms with van der Waals surface area (Å²) in [6.45, 7) is 0.259. The molecule has 0 aliphatic carbocycles. The summed E-state index contributed by atoms with van der Waals surface area (Å²) in [5.41, 5.74) is 6.34. The highest BCUT2D eigenvalue weighted by Gasteiger charge is 2.38. The van der Waals surface area contributed by atoms with Gasteiger partial charge in [0.2, 0.25) is 0 Å². The van der Waals surface area contributed by atoms with Crippen molar-refractivity contribution in [2.45, 2.75) is 18.8 Å². The number of sulfone groups is 1. The molecule has 2 atom stereocenters. The predicted octanol–water partition coefficient (Wildman–Crippen LogP) is -0.309. The van der Waals surface area contributed by atoms with E-state index in [9.17, 15) is 13.5 Å². The molecule has 0 bridgehead atoms. The summed E-state index contributed by atoms with van der Waals surface area (Å²) < 4.78 is 33.5. The summed E-state index contributed by atoms with van der Waals surface area (Å²) in [5, 5.41) is 9.71. The van der Waals surface area contributed by atoms with E-state index in [-0.39, 0.29) is 18.1 Å². The van der Waals surface area contributed by atoms with Crippen molar-refractivity contribution in [3.8, 4) is 11.5 Å². The van der Waals surface area contributed by atoms with Crippen molar-refractivity contribution >= 4 is 9.84 Å². The van der Waals surface area contributed by atoms with Gasteiger partial charge in [0.15, 0.2) is 9.84 Å². The first-order chi connectivity index (χ1) is 8.95. The van der Waals surface area contributed by atoms with Crippen LogP contribution in [-0.4, -0.2) is 44.3 Å². The number of aliphatic hydroxyl groups is 1. The highest BCUT2D eigenvalue weighted by Crippen LogP contribution is 2.28. The maximum absolute atomic E-state index is 11.4. The summed E-state index contributed by atoms with van der Waals surface area (Å²) in [6, 6.07) is 5.14. The number of nitrogens with two attached hydrogens (primary N) is 1. The van der Waals surface area contributed by atoms with E-state index in [1.807, 2.05) is 0 Å². The molecule has 0 spiro atoms. The van der Waals surface area contributed by atoms with Crippen LogP contribution in [0.4, 0.5) is 0 Å². The van der Waals surface area contributed by atoms with Crippen molar-refractivity contribution < 1.29 is 23.0 Å². The van der Waals surface area contributed by atoms with Crippen molar-refractivity contribution in [2.75, 3.05) is 18.6 Å². The Balaban J connectivity index is 2.23. The number of methoxy groups -OCH3 is 1. The monoisotopic (exact) mass is 287 g/mol. The van der Waals surface area contributed by atoms with E-state index in [4.69, 9.17) is 15.2 Å². The van der Waals surface area contributed by atoms with Gasteiger partial charge < -0.3 is 20.3 Å². The molecule has 19 heavy (non-hydrogen) atoms. The van der Waals surface area contributed by atoms with Crippen LogP contribution in [0.1, 0.15) is 5.56 Å². The Hall–Kier alpha value is -1.31. The average molecular weight is 287 g/mol. The van der Waals surface area contributed by atoms with Gasteiger partial charge in [0.1, 0.15) is 23.7 Å². The van der Waals surface area contributed by atoms with Gasteiger partial charge >= 0.3 is 0 Å². The van der Waals surface area contributed by atoms with E-state index < -0.39 is 22.0 Å². The molecule has 0 radical (unpaired) electrons. The Morgan fingerprint density at radius 3 is 2.68 bits per heavy atom. The highest BCUT2D eigenvalue weighted by atomic mass is 32.2. The van der Waals surface area contributed by atoms with E-state index in [1.165, 1.54) is 7.11 Å². The molecule has 1 aromatic rings. The van der Waals surface area contributed by atoms with Gasteiger partial charge in [-0.2, -0.15) is 0 Å². The van der Waals surface area contributed by atoms with Crippen molar-refractivity contribution in [1.82, 2.24) is 0 Å². The fourth-order valence-electron chi connectivity index (χ4n) is 2.01. The summed E-state index contributed by atoms with van der Waals surface area (Å²) in [6.07, 6.45) is -1.77. The lowest BCUT2D eigenvalue weighted by molar-refractivity contribution is 0.0730. The zero-order valence-electron chi connectivity index (χ0n) is 10.6. The molecule has 3 N–H and O–H groups in total. The molecule has 7 heteroatoms. The fourth-order valence-corrected chi connectivity index (χ4v) is 3.67. The van der Waals surface area contributed by atoms with Gasteiger partial charge in [-0.15, -0.1) is 0 Å². The topological polar surface area (TPSA) is 98.9 Å². The first kappa shape index (κ1) is 14.1. The second-order valence-corrected chi connectivity index (χ2v) is 6.63. The second kappa shape index (κ2) is 5.36. The molecule has 2 rings (SSSR count). The van der Waals surface area contributed by atoms with Crippen LogP contribution < -0.4 is 15.2 Å². The van der Waals surface area contributed by atoms with Crippen LogP contribution in [0, 0.1) is 0 Å². The zero-order chi connectivity index (χ0) is 14.0. The predicted molar refractivity (Wildman–Crippen MR) is 70.0 cm³/mol. The third-order valence-corrected chi connectivity index (χ3v) is 4.73. The molecule has 0 aromatic heterocycles. The first-order valence-electron chi connectivity index (χ1n) is 5.87. The zero-order valence-corrected chi connectivity index (χ0v) is 11.4. The number of aliphatic hydroxyl groups excluding tert-OH is 1. The van der Waals surface area contributed by atoms with Gasteiger partial charge in [-0.3, -0.25) is 0 Å². The van der Waals surface area contributed by atoms with Crippen molar-refractivity contribution in [1.29, 1.82) is 0 Å². The third kappa shape index (κ3) is 3.17. The Kier molecular flexibility index (Phi) is 3.98. The second-order valence-electron chi connectivity index (χ2n) is 4.48. The standard InChI is InChI=1S/C12H17NO5S/c1-17-9-3-2-8(5-13)11(4-9)18-12-7-19(15,16)6-10(12)14/h2-4,10,12,14H,5-7,13H2,1H3. The van der Waals surface area contributed by atoms with Crippen molar-refractivity contribution in [2.24, 2.45) is 5.73 Å². The molecule has 1 aromatic carbocycles. The third-order valence-electron chi connectivity index (χ3n) is 3.04. The highest BCUT2D eigenvalue weighted by molar-refractivity contribution is 7.91. The minimum absolute atomic E-state index is 0.185. The molecular formula is C12H17NO5S. The minimum atomic E-state index is -3.24. The molecule has 2 unspecified atom stereocenters. The van der Waals surface area contributed by atoms with Gasteiger partial charge in [0.25, 0.3) is 0 Å². The lowest BCUT2D eigenvalue weighted by Crippen LogP contribution is -2.30. The molecule has 1 aliphatic heterocycles. The maximum atomic E-state index is 11.4. The van der Waals surface area contributed by atoms with Crippen molar-refractivity contribution in [3.05, 3.63) is 23.8 Å². The Morgan fingerprint density at radius 2 is 2.16 bits per heavy atom.